The lowest BCUT2D eigenvalue weighted by molar-refractivity contribution is -0.134. The first-order chi connectivity index (χ1) is 12.0. The fourth-order valence-corrected chi connectivity index (χ4v) is 3.59. The molecule has 0 aliphatic carbocycles. The molecule has 6 nitrogen and oxygen atoms in total. The summed E-state index contributed by atoms with van der Waals surface area (Å²) in [6.45, 7) is 4.08. The molecular weight excluding hydrogens is 338 g/mol. The molecule has 0 saturated carbocycles. The van der Waals surface area contributed by atoms with E-state index >= 15 is 0 Å². The summed E-state index contributed by atoms with van der Waals surface area (Å²) >= 11 is 1.55. The van der Waals surface area contributed by atoms with Gasteiger partial charge in [-0.2, -0.15) is 0 Å². The number of rotatable bonds is 10. The Bertz CT molecular complexity index is 603. The maximum Gasteiger partial charge on any atom is 0.325 e. The minimum absolute atomic E-state index is 0.235. The third kappa shape index (κ3) is 5.29. The van der Waals surface area contributed by atoms with Crippen molar-refractivity contribution >= 4 is 29.2 Å². The summed E-state index contributed by atoms with van der Waals surface area (Å²) in [6, 6.07) is 3.36. The Labute approximate surface area is 153 Å². The van der Waals surface area contributed by atoms with Crippen LogP contribution in [0.15, 0.2) is 17.5 Å². The average Bonchev–Trinajstić information content (AvgIpc) is 3.16. The molecule has 25 heavy (non-hydrogen) atoms. The topological polar surface area (TPSA) is 78.5 Å². The van der Waals surface area contributed by atoms with E-state index in [1.807, 2.05) is 17.5 Å². The first kappa shape index (κ1) is 19.4. The summed E-state index contributed by atoms with van der Waals surface area (Å²) in [4.78, 5) is 38.8. The van der Waals surface area contributed by atoms with Crippen molar-refractivity contribution in [2.75, 3.05) is 6.54 Å². The molecule has 138 valence electrons. The highest BCUT2D eigenvalue weighted by Crippen LogP contribution is 2.24. The van der Waals surface area contributed by atoms with Crippen LogP contribution >= 0.6 is 11.3 Å². The summed E-state index contributed by atoms with van der Waals surface area (Å²) in [6.07, 6.45) is 6.04. The number of amides is 4. The van der Waals surface area contributed by atoms with E-state index in [0.717, 1.165) is 29.0 Å². The molecule has 2 rings (SSSR count). The second-order valence-electron chi connectivity index (χ2n) is 6.67. The van der Waals surface area contributed by atoms with Crippen molar-refractivity contribution in [3.05, 3.63) is 22.4 Å². The zero-order valence-corrected chi connectivity index (χ0v) is 15.8. The lowest BCUT2D eigenvalue weighted by Crippen LogP contribution is -2.45. The van der Waals surface area contributed by atoms with E-state index in [0.29, 0.717) is 13.0 Å². The van der Waals surface area contributed by atoms with Crippen molar-refractivity contribution in [2.45, 2.75) is 64.5 Å². The Hall–Kier alpha value is -1.89. The molecule has 7 heteroatoms. The lowest BCUT2D eigenvalue weighted by atomic mass is 9.94. The molecule has 1 aromatic heterocycles. The lowest BCUT2D eigenvalue weighted by Gasteiger charge is -2.21. The van der Waals surface area contributed by atoms with Gasteiger partial charge >= 0.3 is 6.03 Å². The van der Waals surface area contributed by atoms with E-state index in [1.165, 1.54) is 12.8 Å². The minimum atomic E-state index is -0.892. The van der Waals surface area contributed by atoms with Gasteiger partial charge in [0.15, 0.2) is 0 Å². The van der Waals surface area contributed by atoms with E-state index in [9.17, 15) is 14.4 Å². The quantitative estimate of drug-likeness (QED) is 0.494. The van der Waals surface area contributed by atoms with Gasteiger partial charge < -0.3 is 10.6 Å². The van der Waals surface area contributed by atoms with Crippen LogP contribution in [0.3, 0.4) is 0 Å². The van der Waals surface area contributed by atoms with Crippen molar-refractivity contribution in [3.8, 4) is 0 Å². The zero-order chi connectivity index (χ0) is 18.3. The van der Waals surface area contributed by atoms with Crippen LogP contribution in [-0.2, 0) is 16.1 Å². The Morgan fingerprint density at radius 2 is 2.04 bits per heavy atom. The van der Waals surface area contributed by atoms with Gasteiger partial charge in [-0.05, 0) is 24.8 Å². The van der Waals surface area contributed by atoms with Crippen molar-refractivity contribution < 1.29 is 14.4 Å². The fraction of sp³-hybridized carbons (Fsp3) is 0.611. The van der Waals surface area contributed by atoms with Gasteiger partial charge in [-0.3, -0.25) is 14.5 Å². The third-order valence-corrected chi connectivity index (χ3v) is 5.34. The molecule has 2 N–H and O–H groups in total. The maximum atomic E-state index is 12.6. The smallest absolute Gasteiger partial charge is 0.325 e. The van der Waals surface area contributed by atoms with Crippen molar-refractivity contribution in [3.63, 3.8) is 0 Å². The Morgan fingerprint density at radius 3 is 2.72 bits per heavy atom. The highest BCUT2D eigenvalue weighted by molar-refractivity contribution is 7.09. The first-order valence-corrected chi connectivity index (χ1v) is 9.77. The Morgan fingerprint density at radius 1 is 1.28 bits per heavy atom. The van der Waals surface area contributed by atoms with Crippen molar-refractivity contribution in [1.29, 1.82) is 0 Å². The van der Waals surface area contributed by atoms with Crippen LogP contribution in [0.5, 0.6) is 0 Å². The maximum absolute atomic E-state index is 12.6. The van der Waals surface area contributed by atoms with Crippen molar-refractivity contribution in [1.82, 2.24) is 15.5 Å². The van der Waals surface area contributed by atoms with E-state index < -0.39 is 11.6 Å². The third-order valence-electron chi connectivity index (χ3n) is 4.47. The molecule has 1 saturated heterocycles. The Kier molecular flexibility index (Phi) is 6.99. The van der Waals surface area contributed by atoms with Crippen molar-refractivity contribution in [2.24, 2.45) is 0 Å². The van der Waals surface area contributed by atoms with Crippen LogP contribution < -0.4 is 10.6 Å². The second-order valence-corrected chi connectivity index (χ2v) is 7.71. The number of nitrogens with zero attached hydrogens (tertiary/aromatic N) is 1. The summed E-state index contributed by atoms with van der Waals surface area (Å²) in [5.74, 6) is -0.636. The van der Waals surface area contributed by atoms with Gasteiger partial charge in [0.05, 0.1) is 6.54 Å². The highest BCUT2D eigenvalue weighted by atomic mass is 32.1. The summed E-state index contributed by atoms with van der Waals surface area (Å²) in [5, 5.41) is 7.44. The highest BCUT2D eigenvalue weighted by Gasteiger charge is 2.47. The molecule has 0 radical (unpaired) electrons. The molecule has 1 aromatic rings. The monoisotopic (exact) mass is 365 g/mol. The number of hydrogen-bond donors (Lipinski definition) is 2. The van der Waals surface area contributed by atoms with Crippen LogP contribution in [0.1, 0.15) is 57.2 Å². The number of carbonyl (C=O) groups excluding carboxylic acids is 3. The van der Waals surface area contributed by atoms with Crippen LogP contribution in [0.4, 0.5) is 4.79 Å². The minimum Gasteiger partial charge on any atom is -0.350 e. The molecule has 1 aliphatic heterocycles. The van der Waals surface area contributed by atoms with E-state index in [1.54, 1.807) is 18.3 Å². The van der Waals surface area contributed by atoms with Crippen LogP contribution in [0.2, 0.25) is 0 Å². The molecule has 1 aliphatic rings. The number of carbonyl (C=O) groups is 3. The van der Waals surface area contributed by atoms with Gasteiger partial charge in [0.2, 0.25) is 5.91 Å². The predicted octanol–water partition coefficient (Wildman–Crippen LogP) is 3.04. The van der Waals surface area contributed by atoms with Gasteiger partial charge in [0.1, 0.15) is 12.1 Å². The van der Waals surface area contributed by atoms with Gasteiger partial charge in [-0.25, -0.2) is 4.79 Å². The average molecular weight is 365 g/mol. The molecule has 0 bridgehead atoms. The molecule has 2 heterocycles. The summed E-state index contributed by atoms with van der Waals surface area (Å²) in [7, 11) is 0. The number of imide groups is 1. The van der Waals surface area contributed by atoms with Crippen LogP contribution in [-0.4, -0.2) is 34.8 Å². The fourth-order valence-electron chi connectivity index (χ4n) is 2.94. The van der Waals surface area contributed by atoms with Gasteiger partial charge in [-0.15, -0.1) is 11.3 Å². The second kappa shape index (κ2) is 8.99. The van der Waals surface area contributed by atoms with Gasteiger partial charge in [0, 0.05) is 4.88 Å². The molecule has 1 fully saturated rings. The SMILES string of the molecule is CCCCCCCC1(C)NC(=O)N(CC(=O)NCc2cccs2)C1=O. The molecule has 0 spiro atoms. The van der Waals surface area contributed by atoms with E-state index in [2.05, 4.69) is 17.6 Å². The van der Waals surface area contributed by atoms with Gasteiger partial charge in [-0.1, -0.05) is 45.1 Å². The standard InChI is InChI=1S/C18H27N3O3S/c1-3-4-5-6-7-10-18(2)16(23)21(17(24)20-18)13-15(22)19-12-14-9-8-11-25-14/h8-9,11H,3-7,10,12-13H2,1-2H3,(H,19,22)(H,20,24). The largest absolute Gasteiger partial charge is 0.350 e. The van der Waals surface area contributed by atoms with Crippen LogP contribution in [0.25, 0.3) is 0 Å². The predicted molar refractivity (Wildman–Crippen MR) is 98.2 cm³/mol. The normalized spacial score (nSPS) is 20.0. The van der Waals surface area contributed by atoms with Crippen LogP contribution in [0, 0.1) is 0 Å². The number of urea groups is 1. The molecule has 1 atom stereocenters. The number of hydrogen-bond acceptors (Lipinski definition) is 4. The van der Waals surface area contributed by atoms with Gasteiger partial charge in [0.25, 0.3) is 5.91 Å². The zero-order valence-electron chi connectivity index (χ0n) is 15.0. The number of thiophene rings is 1. The molecule has 0 aromatic carbocycles. The number of unbranched alkanes of at least 4 members (excludes halogenated alkanes) is 4. The molecule has 4 amide bonds. The first-order valence-electron chi connectivity index (χ1n) is 8.89. The summed E-state index contributed by atoms with van der Waals surface area (Å²) in [5.41, 5.74) is -0.892. The van der Waals surface area contributed by atoms with E-state index in [-0.39, 0.29) is 18.4 Å². The number of nitrogens with one attached hydrogen (secondary N) is 2. The molecule has 1 unspecified atom stereocenters. The molecular formula is C18H27N3O3S. The Balaban J connectivity index is 1.81. The van der Waals surface area contributed by atoms with E-state index in [4.69, 9.17) is 0 Å². The summed E-state index contributed by atoms with van der Waals surface area (Å²) < 4.78 is 0.